The summed E-state index contributed by atoms with van der Waals surface area (Å²) in [5.74, 6) is -0.518. The molecule has 0 aromatic heterocycles. The molecule has 1 unspecified atom stereocenters. The molecule has 0 saturated carbocycles. The highest BCUT2D eigenvalue weighted by atomic mass is 28.4. The smallest absolute Gasteiger partial charge is 0.374 e. The second-order valence-corrected chi connectivity index (χ2v) is 7.28. The van der Waals surface area contributed by atoms with Crippen LogP contribution in [-0.2, 0) is 22.8 Å². The Morgan fingerprint density at radius 2 is 1.56 bits per heavy atom. The van der Waals surface area contributed by atoms with Crippen molar-refractivity contribution in [3.63, 3.8) is 0 Å². The molecule has 5 nitrogen and oxygen atoms in total. The first-order valence-corrected chi connectivity index (χ1v) is 8.63. The molecule has 0 spiro atoms. The van der Waals surface area contributed by atoms with Crippen molar-refractivity contribution in [2.24, 2.45) is 0 Å². The van der Waals surface area contributed by atoms with Gasteiger partial charge in [-0.2, -0.15) is 0 Å². The van der Waals surface area contributed by atoms with Gasteiger partial charge in [-0.15, -0.1) is 0 Å². The van der Waals surface area contributed by atoms with Gasteiger partial charge in [0.15, 0.2) is 5.79 Å². The Bertz CT molecular complexity index is 230. The normalized spacial score (nSPS) is 23.5. The molecule has 1 atom stereocenters. The summed E-state index contributed by atoms with van der Waals surface area (Å²) in [5.41, 5.74) is 0. The lowest BCUT2D eigenvalue weighted by Crippen LogP contribution is -2.49. The Kier molecular flexibility index (Phi) is 6.23. The fourth-order valence-corrected chi connectivity index (χ4v) is 4.79. The molecule has 0 radical (unpaired) electrons. The molecule has 0 aromatic carbocycles. The van der Waals surface area contributed by atoms with Crippen molar-refractivity contribution >= 4 is 8.80 Å². The molecular formula is C12H26O5Si. The van der Waals surface area contributed by atoms with Crippen molar-refractivity contribution in [2.45, 2.75) is 52.6 Å². The Morgan fingerprint density at radius 1 is 1.06 bits per heavy atom. The molecule has 1 saturated heterocycles. The van der Waals surface area contributed by atoms with Crippen LogP contribution in [0.2, 0.25) is 6.04 Å². The van der Waals surface area contributed by atoms with E-state index in [2.05, 4.69) is 0 Å². The first-order chi connectivity index (χ1) is 8.47. The summed E-state index contributed by atoms with van der Waals surface area (Å²) >= 11 is 0. The van der Waals surface area contributed by atoms with E-state index in [4.69, 9.17) is 22.8 Å². The van der Waals surface area contributed by atoms with Gasteiger partial charge < -0.3 is 22.8 Å². The summed E-state index contributed by atoms with van der Waals surface area (Å²) in [5, 5.41) is 0. The van der Waals surface area contributed by atoms with Crippen LogP contribution in [0, 0.1) is 0 Å². The van der Waals surface area contributed by atoms with Crippen molar-refractivity contribution in [1.29, 1.82) is 0 Å². The fraction of sp³-hybridized carbons (Fsp3) is 1.00. The van der Waals surface area contributed by atoms with Crippen molar-refractivity contribution in [3.05, 3.63) is 0 Å². The summed E-state index contributed by atoms with van der Waals surface area (Å²) in [6.07, 6.45) is -0.0173. The van der Waals surface area contributed by atoms with Gasteiger partial charge >= 0.3 is 8.80 Å². The molecule has 1 fully saturated rings. The summed E-state index contributed by atoms with van der Waals surface area (Å²) < 4.78 is 28.8. The second kappa shape index (κ2) is 6.98. The number of rotatable bonds is 8. The lowest BCUT2D eigenvalue weighted by Gasteiger charge is -2.30. The SMILES string of the molecule is CCO[Si](CC1COC(C)(C)O1)(OCC)OCC. The third-order valence-electron chi connectivity index (χ3n) is 2.64. The Morgan fingerprint density at radius 3 is 1.89 bits per heavy atom. The van der Waals surface area contributed by atoms with Crippen LogP contribution in [0.25, 0.3) is 0 Å². The van der Waals surface area contributed by atoms with Crippen LogP contribution in [0.15, 0.2) is 0 Å². The van der Waals surface area contributed by atoms with E-state index < -0.39 is 14.6 Å². The van der Waals surface area contributed by atoms with E-state index in [-0.39, 0.29) is 6.10 Å². The molecule has 0 N–H and O–H groups in total. The maximum absolute atomic E-state index is 5.82. The van der Waals surface area contributed by atoms with Gasteiger partial charge in [-0.3, -0.25) is 0 Å². The maximum atomic E-state index is 5.82. The van der Waals surface area contributed by atoms with Crippen LogP contribution in [0.1, 0.15) is 34.6 Å². The molecule has 1 heterocycles. The van der Waals surface area contributed by atoms with E-state index >= 15 is 0 Å². The first kappa shape index (κ1) is 16.1. The molecule has 6 heteroatoms. The summed E-state index contributed by atoms with van der Waals surface area (Å²) in [6.45, 7) is 12.0. The molecule has 0 aliphatic carbocycles. The van der Waals surface area contributed by atoms with E-state index in [0.717, 1.165) is 0 Å². The molecule has 108 valence electrons. The highest BCUT2D eigenvalue weighted by Crippen LogP contribution is 2.29. The van der Waals surface area contributed by atoms with E-state index in [1.807, 2.05) is 34.6 Å². The Hall–Kier alpha value is 0.0169. The molecule has 1 aliphatic heterocycles. The van der Waals surface area contributed by atoms with E-state index in [9.17, 15) is 0 Å². The second-order valence-electron chi connectivity index (χ2n) is 4.64. The Balaban J connectivity index is 2.64. The third kappa shape index (κ3) is 4.60. The average Bonchev–Trinajstić information content (AvgIpc) is 2.59. The van der Waals surface area contributed by atoms with Gasteiger partial charge in [0.2, 0.25) is 0 Å². The maximum Gasteiger partial charge on any atom is 0.503 e. The van der Waals surface area contributed by atoms with E-state index in [0.29, 0.717) is 32.5 Å². The average molecular weight is 278 g/mol. The van der Waals surface area contributed by atoms with Crippen LogP contribution in [0.3, 0.4) is 0 Å². The molecule has 0 aromatic rings. The standard InChI is InChI=1S/C12H26O5Si/c1-6-14-18(15-7-2,16-8-3)10-11-9-13-12(4,5)17-11/h11H,6-10H2,1-5H3. The zero-order chi connectivity index (χ0) is 13.6. The highest BCUT2D eigenvalue weighted by molar-refractivity contribution is 6.60. The van der Waals surface area contributed by atoms with Crippen molar-refractivity contribution < 1.29 is 22.8 Å². The van der Waals surface area contributed by atoms with Gasteiger partial charge in [0.25, 0.3) is 0 Å². The molecule has 0 amide bonds. The minimum Gasteiger partial charge on any atom is -0.374 e. The van der Waals surface area contributed by atoms with Crippen LogP contribution in [-0.4, -0.2) is 47.1 Å². The first-order valence-electron chi connectivity index (χ1n) is 6.70. The summed E-state index contributed by atoms with van der Waals surface area (Å²) in [6, 6.07) is 0.645. The van der Waals surface area contributed by atoms with Gasteiger partial charge in [0.05, 0.1) is 12.7 Å². The molecule has 1 rings (SSSR count). The van der Waals surface area contributed by atoms with E-state index in [1.54, 1.807) is 0 Å². The number of hydrogen-bond acceptors (Lipinski definition) is 5. The van der Waals surface area contributed by atoms with Crippen LogP contribution in [0.5, 0.6) is 0 Å². The molecule has 18 heavy (non-hydrogen) atoms. The zero-order valence-electron chi connectivity index (χ0n) is 12.2. The van der Waals surface area contributed by atoms with E-state index in [1.165, 1.54) is 0 Å². The van der Waals surface area contributed by atoms with Gasteiger partial charge in [0.1, 0.15) is 0 Å². The zero-order valence-corrected chi connectivity index (χ0v) is 13.2. The fourth-order valence-electron chi connectivity index (χ4n) is 2.10. The Labute approximate surface area is 111 Å². The lowest BCUT2D eigenvalue weighted by molar-refractivity contribution is -0.137. The van der Waals surface area contributed by atoms with Crippen molar-refractivity contribution in [2.75, 3.05) is 26.4 Å². The van der Waals surface area contributed by atoms with Gasteiger partial charge in [-0.1, -0.05) is 0 Å². The molecule has 0 bridgehead atoms. The summed E-state index contributed by atoms with van der Waals surface area (Å²) in [7, 11) is -2.63. The van der Waals surface area contributed by atoms with Crippen molar-refractivity contribution in [1.82, 2.24) is 0 Å². The summed E-state index contributed by atoms with van der Waals surface area (Å²) in [4.78, 5) is 0. The number of ether oxygens (including phenoxy) is 2. The van der Waals surface area contributed by atoms with Gasteiger partial charge in [-0.25, -0.2) is 0 Å². The topological polar surface area (TPSA) is 46.2 Å². The van der Waals surface area contributed by atoms with Gasteiger partial charge in [-0.05, 0) is 34.6 Å². The highest BCUT2D eigenvalue weighted by Gasteiger charge is 2.46. The molecule has 1 aliphatic rings. The van der Waals surface area contributed by atoms with Crippen LogP contribution in [0.4, 0.5) is 0 Å². The minimum absolute atomic E-state index is 0.0173. The quantitative estimate of drug-likeness (QED) is 0.637. The van der Waals surface area contributed by atoms with Crippen LogP contribution < -0.4 is 0 Å². The van der Waals surface area contributed by atoms with Gasteiger partial charge in [0, 0.05) is 25.9 Å². The lowest BCUT2D eigenvalue weighted by atomic mass is 10.4. The minimum atomic E-state index is -2.63. The third-order valence-corrected chi connectivity index (χ3v) is 5.78. The largest absolute Gasteiger partial charge is 0.503 e. The predicted octanol–water partition coefficient (Wildman–Crippen LogP) is 2.19. The predicted molar refractivity (Wildman–Crippen MR) is 70.3 cm³/mol. The number of hydrogen-bond donors (Lipinski definition) is 0. The van der Waals surface area contributed by atoms with Crippen molar-refractivity contribution in [3.8, 4) is 0 Å². The monoisotopic (exact) mass is 278 g/mol. The molecular weight excluding hydrogens is 252 g/mol. The van der Waals surface area contributed by atoms with Crippen LogP contribution >= 0.6 is 0 Å².